The van der Waals surface area contributed by atoms with Crippen molar-refractivity contribution < 1.29 is 14.9 Å². The fourth-order valence-corrected chi connectivity index (χ4v) is 4.08. The number of aliphatic hydroxyl groups is 2. The van der Waals surface area contributed by atoms with E-state index in [1.165, 1.54) is 0 Å². The lowest BCUT2D eigenvalue weighted by molar-refractivity contribution is 0.0827. The van der Waals surface area contributed by atoms with Crippen molar-refractivity contribution in [1.29, 1.82) is 0 Å². The van der Waals surface area contributed by atoms with Crippen LogP contribution in [0.25, 0.3) is 0 Å². The molecule has 4 nitrogen and oxygen atoms in total. The number of rotatable bonds is 2. The van der Waals surface area contributed by atoms with Gasteiger partial charge in [0.25, 0.3) is 0 Å². The van der Waals surface area contributed by atoms with Gasteiger partial charge < -0.3 is 14.9 Å². The molecule has 1 atom stereocenters. The molecule has 0 spiro atoms. The molecule has 0 amide bonds. The van der Waals surface area contributed by atoms with Gasteiger partial charge in [0, 0.05) is 41.6 Å². The van der Waals surface area contributed by atoms with Crippen molar-refractivity contribution in [2.75, 3.05) is 13.2 Å². The van der Waals surface area contributed by atoms with Gasteiger partial charge in [-0.2, -0.15) is 0 Å². The summed E-state index contributed by atoms with van der Waals surface area (Å²) in [5, 5.41) is 20.4. The Morgan fingerprint density at radius 1 is 1.21 bits per heavy atom. The monoisotopic (exact) mass is 335 g/mol. The molecule has 24 heavy (non-hydrogen) atoms. The third-order valence-corrected chi connectivity index (χ3v) is 5.22. The molecule has 1 aromatic heterocycles. The third-order valence-electron chi connectivity index (χ3n) is 5.22. The summed E-state index contributed by atoms with van der Waals surface area (Å²) in [5.74, 6) is 0.363. The highest BCUT2D eigenvalue weighted by Gasteiger charge is 2.35. The van der Waals surface area contributed by atoms with E-state index in [1.54, 1.807) is 0 Å². The summed E-state index contributed by atoms with van der Waals surface area (Å²) < 4.78 is 5.46. The Bertz CT molecular complexity index is 562. The van der Waals surface area contributed by atoms with Crippen LogP contribution in [-0.4, -0.2) is 28.4 Å². The molecule has 4 heteroatoms. The maximum atomic E-state index is 10.6. The summed E-state index contributed by atoms with van der Waals surface area (Å²) in [6.07, 6.45) is 3.10. The predicted molar refractivity (Wildman–Crippen MR) is 96.1 cm³/mol. The van der Waals surface area contributed by atoms with Gasteiger partial charge >= 0.3 is 0 Å². The topological polar surface area (TPSA) is 62.6 Å². The second-order valence-electron chi connectivity index (χ2n) is 7.57. The second-order valence-corrected chi connectivity index (χ2v) is 7.57. The van der Waals surface area contributed by atoms with Crippen molar-refractivity contribution in [3.05, 3.63) is 28.1 Å². The molecule has 3 rings (SSSR count). The second kappa shape index (κ2) is 7.94. The van der Waals surface area contributed by atoms with E-state index in [-0.39, 0.29) is 12.0 Å². The Morgan fingerprint density at radius 3 is 2.42 bits per heavy atom. The number of aliphatic hydroxyl groups excluding tert-OH is 2. The van der Waals surface area contributed by atoms with E-state index >= 15 is 0 Å². The van der Waals surface area contributed by atoms with E-state index in [0.29, 0.717) is 5.92 Å². The van der Waals surface area contributed by atoms with Gasteiger partial charge in [0.05, 0.1) is 12.7 Å². The number of pyridine rings is 1. The third kappa shape index (κ3) is 3.81. The zero-order valence-corrected chi connectivity index (χ0v) is 15.9. The molecule has 0 bridgehead atoms. The number of hydrogen-bond donors (Lipinski definition) is 2. The fourth-order valence-electron chi connectivity index (χ4n) is 4.08. The molecular formula is C20H33NO3. The van der Waals surface area contributed by atoms with Crippen LogP contribution in [0.15, 0.2) is 0 Å². The van der Waals surface area contributed by atoms with E-state index < -0.39 is 6.10 Å². The van der Waals surface area contributed by atoms with Gasteiger partial charge in [0.2, 0.25) is 0 Å². The molecule has 1 aliphatic heterocycles. The number of nitrogens with zero attached hydrogens (tertiary/aromatic N) is 1. The summed E-state index contributed by atoms with van der Waals surface area (Å²) in [5.41, 5.74) is 5.05. The highest BCUT2D eigenvalue weighted by molar-refractivity contribution is 5.44. The fraction of sp³-hybridized carbons (Fsp3) is 0.750. The highest BCUT2D eigenvalue weighted by Crippen LogP contribution is 2.43. The van der Waals surface area contributed by atoms with Gasteiger partial charge in [-0.15, -0.1) is 0 Å². The van der Waals surface area contributed by atoms with E-state index in [0.717, 1.165) is 67.0 Å². The smallest absolute Gasteiger partial charge is 0.0815 e. The van der Waals surface area contributed by atoms with E-state index in [2.05, 4.69) is 13.8 Å². The molecule has 0 saturated carbocycles. The van der Waals surface area contributed by atoms with E-state index in [4.69, 9.17) is 9.72 Å². The normalized spacial score (nSPS) is 23.2. The molecule has 1 aliphatic carbocycles. The lowest BCUT2D eigenvalue weighted by Gasteiger charge is -2.36. The molecule has 0 radical (unpaired) electrons. The van der Waals surface area contributed by atoms with Crippen molar-refractivity contribution in [3.63, 3.8) is 0 Å². The average Bonchev–Trinajstić information content (AvgIpc) is 2.55. The van der Waals surface area contributed by atoms with Crippen LogP contribution in [0.4, 0.5) is 0 Å². The Morgan fingerprint density at radius 2 is 1.83 bits per heavy atom. The summed E-state index contributed by atoms with van der Waals surface area (Å²) in [7, 11) is 0. The highest BCUT2D eigenvalue weighted by atomic mass is 16.5. The molecule has 1 aromatic rings. The number of fused-ring (bicyclic) bond motifs is 1. The van der Waals surface area contributed by atoms with Crippen molar-refractivity contribution in [1.82, 2.24) is 4.98 Å². The zero-order chi connectivity index (χ0) is 17.9. The van der Waals surface area contributed by atoms with Crippen molar-refractivity contribution in [2.45, 2.75) is 78.9 Å². The van der Waals surface area contributed by atoms with Crippen LogP contribution in [0.1, 0.15) is 87.1 Å². The Labute approximate surface area is 146 Å². The first-order valence-electron chi connectivity index (χ1n) is 9.32. The lowest BCUT2D eigenvalue weighted by atomic mass is 9.73. The summed E-state index contributed by atoms with van der Waals surface area (Å²) in [6.45, 7) is 11.9. The van der Waals surface area contributed by atoms with Gasteiger partial charge in [-0.05, 0) is 43.6 Å². The van der Waals surface area contributed by atoms with Crippen LogP contribution in [0.2, 0.25) is 0 Å². The first-order valence-corrected chi connectivity index (χ1v) is 9.32. The van der Waals surface area contributed by atoms with Gasteiger partial charge in [-0.25, -0.2) is 0 Å². The van der Waals surface area contributed by atoms with Crippen molar-refractivity contribution >= 4 is 0 Å². The molecule has 1 fully saturated rings. The first kappa shape index (κ1) is 19.4. The minimum atomic E-state index is -0.472. The molecule has 1 unspecified atom stereocenters. The zero-order valence-electron chi connectivity index (χ0n) is 15.9. The molecule has 136 valence electrons. The molecule has 2 N–H and O–H groups in total. The van der Waals surface area contributed by atoms with Crippen LogP contribution in [0, 0.1) is 12.3 Å². The van der Waals surface area contributed by atoms with Gasteiger partial charge in [0.15, 0.2) is 0 Å². The quantitative estimate of drug-likeness (QED) is 0.863. The Hall–Kier alpha value is -0.970. The maximum absolute atomic E-state index is 10.6. The van der Waals surface area contributed by atoms with Crippen LogP contribution < -0.4 is 0 Å². The summed E-state index contributed by atoms with van der Waals surface area (Å²) in [4.78, 5) is 4.94. The molecular weight excluding hydrogens is 302 g/mol. The van der Waals surface area contributed by atoms with E-state index in [9.17, 15) is 10.2 Å². The van der Waals surface area contributed by atoms with Crippen molar-refractivity contribution in [3.8, 4) is 0 Å². The summed E-state index contributed by atoms with van der Waals surface area (Å²) >= 11 is 0. The first-order chi connectivity index (χ1) is 11.4. The largest absolute Gasteiger partial charge is 0.392 e. The van der Waals surface area contributed by atoms with Crippen LogP contribution >= 0.6 is 0 Å². The Balaban J connectivity index is 0.00000100. The van der Waals surface area contributed by atoms with Gasteiger partial charge in [0.1, 0.15) is 0 Å². The van der Waals surface area contributed by atoms with Gasteiger partial charge in [-0.3, -0.25) is 4.98 Å². The van der Waals surface area contributed by atoms with Crippen LogP contribution in [-0.2, 0) is 17.8 Å². The van der Waals surface area contributed by atoms with Crippen molar-refractivity contribution in [2.24, 2.45) is 5.41 Å². The average molecular weight is 335 g/mol. The lowest BCUT2D eigenvalue weighted by Crippen LogP contribution is -2.29. The maximum Gasteiger partial charge on any atom is 0.0815 e. The minimum absolute atomic E-state index is 0.00504. The molecule has 1 saturated heterocycles. The summed E-state index contributed by atoms with van der Waals surface area (Å²) in [6, 6.07) is 0. The number of ether oxygens (including phenoxy) is 1. The molecule has 2 aliphatic rings. The minimum Gasteiger partial charge on any atom is -0.392 e. The van der Waals surface area contributed by atoms with E-state index in [1.807, 2.05) is 20.8 Å². The molecule has 2 heterocycles. The standard InChI is InChI=1S/C18H27NO3.C2H6/c1-11-13(10-20)17(12-4-6-22-7-5-12)19-14-8-18(2,3)9-15(21)16(11)14;1-2/h12,15,20-21H,4-10H2,1-3H3;1-2H3. The van der Waals surface area contributed by atoms with Crippen LogP contribution in [0.5, 0.6) is 0 Å². The number of hydrogen-bond acceptors (Lipinski definition) is 4. The predicted octanol–water partition coefficient (Wildman–Crippen LogP) is 3.81. The molecule has 0 aromatic carbocycles. The van der Waals surface area contributed by atoms with Crippen LogP contribution in [0.3, 0.4) is 0 Å². The SMILES string of the molecule is CC.Cc1c(CO)c(C2CCOCC2)nc2c1C(O)CC(C)(C)C2. The number of aromatic nitrogens is 1. The van der Waals surface area contributed by atoms with Gasteiger partial charge in [-0.1, -0.05) is 27.7 Å². The Kier molecular flexibility index (Phi) is 6.40.